The molecule has 2 N–H and O–H groups in total. The van der Waals surface area contributed by atoms with Gasteiger partial charge in [-0.1, -0.05) is 6.07 Å². The maximum absolute atomic E-state index is 5.65. The van der Waals surface area contributed by atoms with E-state index in [1.807, 2.05) is 32.0 Å². The van der Waals surface area contributed by atoms with Crippen molar-refractivity contribution in [3.05, 3.63) is 23.8 Å². The quantitative estimate of drug-likeness (QED) is 0.466. The molecule has 0 saturated heterocycles. The predicted molar refractivity (Wildman–Crippen MR) is 60.5 cm³/mol. The van der Waals surface area contributed by atoms with E-state index in [0.29, 0.717) is 11.5 Å². The lowest BCUT2D eigenvalue weighted by atomic mass is 10.2. The number of ether oxygens (including phenoxy) is 2. The molecule has 4 heteroatoms. The van der Waals surface area contributed by atoms with E-state index >= 15 is 0 Å². The summed E-state index contributed by atoms with van der Waals surface area (Å²) in [5.74, 6) is 6.48. The Morgan fingerprint density at radius 3 is 2.67 bits per heavy atom. The van der Waals surface area contributed by atoms with Gasteiger partial charge in [-0.15, -0.1) is 0 Å². The average molecular weight is 208 g/mol. The topological polar surface area (TPSA) is 56.8 Å². The van der Waals surface area contributed by atoms with Crippen LogP contribution in [0.15, 0.2) is 23.3 Å². The summed E-state index contributed by atoms with van der Waals surface area (Å²) in [7, 11) is 1.60. The molecule has 0 atom stereocenters. The maximum Gasteiger partial charge on any atom is 0.170 e. The van der Waals surface area contributed by atoms with E-state index in [1.54, 1.807) is 13.3 Å². The summed E-state index contributed by atoms with van der Waals surface area (Å²) >= 11 is 0. The van der Waals surface area contributed by atoms with Crippen molar-refractivity contribution >= 4 is 6.21 Å². The number of nitrogens with zero attached hydrogens (tertiary/aromatic N) is 1. The summed E-state index contributed by atoms with van der Waals surface area (Å²) in [6.07, 6.45) is 1.62. The first-order valence-corrected chi connectivity index (χ1v) is 4.76. The van der Waals surface area contributed by atoms with Gasteiger partial charge in [-0.3, -0.25) is 0 Å². The second kappa shape index (κ2) is 5.24. The maximum atomic E-state index is 5.65. The number of hydrazone groups is 1. The molecule has 4 nitrogen and oxygen atoms in total. The number of para-hydroxylation sites is 1. The van der Waals surface area contributed by atoms with E-state index in [4.69, 9.17) is 15.3 Å². The Hall–Kier alpha value is -1.71. The second-order valence-corrected chi connectivity index (χ2v) is 3.32. The van der Waals surface area contributed by atoms with Crippen molar-refractivity contribution in [3.63, 3.8) is 0 Å². The first kappa shape index (κ1) is 11.4. The highest BCUT2D eigenvalue weighted by molar-refractivity contribution is 5.84. The van der Waals surface area contributed by atoms with Crippen LogP contribution in [0.4, 0.5) is 0 Å². The lowest BCUT2D eigenvalue weighted by Crippen LogP contribution is -2.08. The molecule has 0 bridgehead atoms. The highest BCUT2D eigenvalue weighted by Gasteiger charge is 2.10. The SMILES string of the molecule is COc1cccc(/C=N\N)c1OC(C)C. The molecule has 0 saturated carbocycles. The zero-order chi connectivity index (χ0) is 11.3. The van der Waals surface area contributed by atoms with Gasteiger partial charge in [0.15, 0.2) is 11.5 Å². The number of rotatable bonds is 4. The molecule has 0 fully saturated rings. The van der Waals surface area contributed by atoms with Crippen molar-refractivity contribution in [3.8, 4) is 11.5 Å². The van der Waals surface area contributed by atoms with Crippen LogP contribution >= 0.6 is 0 Å². The van der Waals surface area contributed by atoms with Crippen LogP contribution in [0, 0.1) is 0 Å². The van der Waals surface area contributed by atoms with Gasteiger partial charge >= 0.3 is 0 Å². The lowest BCUT2D eigenvalue weighted by molar-refractivity contribution is 0.230. The summed E-state index contributed by atoms with van der Waals surface area (Å²) < 4.78 is 10.9. The fourth-order valence-electron chi connectivity index (χ4n) is 1.24. The lowest BCUT2D eigenvalue weighted by Gasteiger charge is -2.15. The third-order valence-corrected chi connectivity index (χ3v) is 1.80. The van der Waals surface area contributed by atoms with Gasteiger partial charge in [-0.2, -0.15) is 5.10 Å². The Kier molecular flexibility index (Phi) is 3.97. The molecular formula is C11H16N2O2. The summed E-state index contributed by atoms with van der Waals surface area (Å²) in [4.78, 5) is 0. The zero-order valence-electron chi connectivity index (χ0n) is 9.23. The molecule has 1 aromatic carbocycles. The Morgan fingerprint density at radius 2 is 2.13 bits per heavy atom. The first-order chi connectivity index (χ1) is 7.19. The second-order valence-electron chi connectivity index (χ2n) is 3.32. The first-order valence-electron chi connectivity index (χ1n) is 4.76. The average Bonchev–Trinajstić information content (AvgIpc) is 2.20. The third-order valence-electron chi connectivity index (χ3n) is 1.80. The predicted octanol–water partition coefficient (Wildman–Crippen LogP) is 1.77. The monoisotopic (exact) mass is 208 g/mol. The Labute approximate surface area is 89.7 Å². The number of nitrogens with two attached hydrogens (primary N) is 1. The molecule has 0 spiro atoms. The molecule has 0 unspecified atom stereocenters. The van der Waals surface area contributed by atoms with E-state index in [-0.39, 0.29) is 6.10 Å². The number of hydrogen-bond donors (Lipinski definition) is 1. The van der Waals surface area contributed by atoms with Gasteiger partial charge < -0.3 is 15.3 Å². The fourth-order valence-corrected chi connectivity index (χ4v) is 1.24. The number of methoxy groups -OCH3 is 1. The van der Waals surface area contributed by atoms with Crippen molar-refractivity contribution in [2.45, 2.75) is 20.0 Å². The Morgan fingerprint density at radius 1 is 1.40 bits per heavy atom. The minimum atomic E-state index is 0.0752. The van der Waals surface area contributed by atoms with Crippen LogP contribution in [0.25, 0.3) is 0 Å². The molecular weight excluding hydrogens is 192 g/mol. The molecule has 0 aromatic heterocycles. The van der Waals surface area contributed by atoms with E-state index in [9.17, 15) is 0 Å². The third kappa shape index (κ3) is 2.87. The van der Waals surface area contributed by atoms with Crippen LogP contribution in [0.2, 0.25) is 0 Å². The molecule has 1 rings (SSSR count). The summed E-state index contributed by atoms with van der Waals surface area (Å²) in [6, 6.07) is 5.57. The van der Waals surface area contributed by atoms with Crippen molar-refractivity contribution in [2.24, 2.45) is 10.9 Å². The van der Waals surface area contributed by atoms with Gasteiger partial charge in [0.2, 0.25) is 0 Å². The molecule has 0 aliphatic carbocycles. The van der Waals surface area contributed by atoms with Crippen molar-refractivity contribution in [2.75, 3.05) is 7.11 Å². The van der Waals surface area contributed by atoms with Gasteiger partial charge in [-0.25, -0.2) is 0 Å². The van der Waals surface area contributed by atoms with Crippen LogP contribution in [0.1, 0.15) is 19.4 Å². The van der Waals surface area contributed by atoms with Crippen LogP contribution < -0.4 is 15.3 Å². The molecule has 0 amide bonds. The largest absolute Gasteiger partial charge is 0.493 e. The Balaban J connectivity index is 3.14. The summed E-state index contributed by atoms with van der Waals surface area (Å²) in [5, 5.41) is 3.49. The van der Waals surface area contributed by atoms with Gasteiger partial charge in [0, 0.05) is 5.56 Å². The van der Waals surface area contributed by atoms with E-state index in [0.717, 1.165) is 5.56 Å². The van der Waals surface area contributed by atoms with E-state index in [2.05, 4.69) is 5.10 Å². The number of hydrogen-bond acceptors (Lipinski definition) is 4. The smallest absolute Gasteiger partial charge is 0.170 e. The summed E-state index contributed by atoms with van der Waals surface area (Å²) in [6.45, 7) is 3.91. The molecule has 82 valence electrons. The standard InChI is InChI=1S/C11H16N2O2/c1-8(2)15-11-9(7-13-12)5-4-6-10(11)14-3/h4-8H,12H2,1-3H3/b13-7-. The normalized spacial score (nSPS) is 10.9. The van der Waals surface area contributed by atoms with Gasteiger partial charge in [0.1, 0.15) is 0 Å². The number of benzene rings is 1. The highest BCUT2D eigenvalue weighted by Crippen LogP contribution is 2.30. The van der Waals surface area contributed by atoms with Gasteiger partial charge in [-0.05, 0) is 26.0 Å². The molecule has 15 heavy (non-hydrogen) atoms. The van der Waals surface area contributed by atoms with Crippen molar-refractivity contribution in [1.29, 1.82) is 0 Å². The minimum absolute atomic E-state index is 0.0752. The molecule has 0 aliphatic heterocycles. The molecule has 1 aromatic rings. The van der Waals surface area contributed by atoms with Crippen LogP contribution in [0.3, 0.4) is 0 Å². The Bertz CT molecular complexity index is 348. The van der Waals surface area contributed by atoms with Crippen LogP contribution in [-0.4, -0.2) is 19.4 Å². The molecule has 0 aliphatic rings. The van der Waals surface area contributed by atoms with E-state index < -0.39 is 0 Å². The van der Waals surface area contributed by atoms with Crippen molar-refractivity contribution in [1.82, 2.24) is 0 Å². The van der Waals surface area contributed by atoms with Gasteiger partial charge in [0.25, 0.3) is 0 Å². The minimum Gasteiger partial charge on any atom is -0.493 e. The van der Waals surface area contributed by atoms with Gasteiger partial charge in [0.05, 0.1) is 19.4 Å². The van der Waals surface area contributed by atoms with Crippen LogP contribution in [0.5, 0.6) is 11.5 Å². The van der Waals surface area contributed by atoms with Crippen LogP contribution in [-0.2, 0) is 0 Å². The molecule has 0 radical (unpaired) electrons. The summed E-state index contributed by atoms with van der Waals surface area (Å²) in [5.41, 5.74) is 0.811. The highest BCUT2D eigenvalue weighted by atomic mass is 16.5. The van der Waals surface area contributed by atoms with E-state index in [1.165, 1.54) is 0 Å². The molecule has 0 heterocycles. The zero-order valence-corrected chi connectivity index (χ0v) is 9.23. The van der Waals surface area contributed by atoms with Crippen molar-refractivity contribution < 1.29 is 9.47 Å². The fraction of sp³-hybridized carbons (Fsp3) is 0.364.